The molecule has 0 N–H and O–H groups in total. The maximum absolute atomic E-state index is 5.62. The van der Waals surface area contributed by atoms with Gasteiger partial charge in [0.05, 0.1) is 29.3 Å². The highest BCUT2D eigenvalue weighted by atomic mass is 16.5. The summed E-state index contributed by atoms with van der Waals surface area (Å²) >= 11 is 0. The van der Waals surface area contributed by atoms with Crippen LogP contribution >= 0.6 is 0 Å². The Morgan fingerprint density at radius 2 is 1.77 bits per heavy atom. The van der Waals surface area contributed by atoms with Crippen LogP contribution in [0.5, 0.6) is 0 Å². The minimum Gasteiger partial charge on any atom is -0.476 e. The number of fused-ring (bicyclic) bond motifs is 1. The Hall–Kier alpha value is -2.57. The summed E-state index contributed by atoms with van der Waals surface area (Å²) in [6.07, 6.45) is 10.7. The highest BCUT2D eigenvalue weighted by Crippen LogP contribution is 2.34. The van der Waals surface area contributed by atoms with E-state index in [1.54, 1.807) is 0 Å². The second kappa shape index (κ2) is 10.2. The minimum atomic E-state index is 0.362. The molecule has 7 heteroatoms. The molecule has 0 bridgehead atoms. The van der Waals surface area contributed by atoms with E-state index in [0.29, 0.717) is 6.73 Å². The van der Waals surface area contributed by atoms with Gasteiger partial charge in [0.1, 0.15) is 5.82 Å². The Morgan fingerprint density at radius 3 is 2.58 bits per heavy atom. The van der Waals surface area contributed by atoms with E-state index in [0.717, 1.165) is 80.3 Å². The number of nitrogens with zero attached hydrogens (tertiary/aromatic N) is 6. The van der Waals surface area contributed by atoms with Crippen molar-refractivity contribution in [3.8, 4) is 0 Å². The van der Waals surface area contributed by atoms with Crippen molar-refractivity contribution in [3.05, 3.63) is 34.2 Å². The van der Waals surface area contributed by atoms with Gasteiger partial charge in [-0.2, -0.15) is 5.11 Å². The monoisotopic (exact) mass is 422 g/mol. The van der Waals surface area contributed by atoms with E-state index >= 15 is 0 Å². The first-order valence-electron chi connectivity index (χ1n) is 11.8. The van der Waals surface area contributed by atoms with Crippen molar-refractivity contribution < 1.29 is 4.74 Å². The molecule has 0 saturated heterocycles. The minimum absolute atomic E-state index is 0.362. The van der Waals surface area contributed by atoms with E-state index in [9.17, 15) is 0 Å². The fourth-order valence-electron chi connectivity index (χ4n) is 4.68. The van der Waals surface area contributed by atoms with Crippen LogP contribution in [-0.2, 0) is 17.6 Å². The molecule has 166 valence electrons. The zero-order valence-electron chi connectivity index (χ0n) is 19.2. The van der Waals surface area contributed by atoms with Crippen LogP contribution in [0.25, 0.3) is 0 Å². The number of pyridine rings is 1. The van der Waals surface area contributed by atoms with Gasteiger partial charge in [-0.3, -0.25) is 0 Å². The number of allylic oxidation sites excluding steroid dienone is 2. The number of ether oxygens (including phenoxy) is 1. The molecule has 1 aliphatic carbocycles. The summed E-state index contributed by atoms with van der Waals surface area (Å²) < 4.78 is 5.62. The molecule has 0 unspecified atom stereocenters. The second-order valence-corrected chi connectivity index (χ2v) is 8.37. The fourth-order valence-corrected chi connectivity index (χ4v) is 4.68. The maximum atomic E-state index is 5.62. The average Bonchev–Trinajstić information content (AvgIpc) is 2.99. The third-order valence-corrected chi connectivity index (χ3v) is 6.33. The van der Waals surface area contributed by atoms with Gasteiger partial charge in [-0.15, -0.1) is 5.10 Å². The molecule has 0 amide bonds. The van der Waals surface area contributed by atoms with Crippen molar-refractivity contribution in [1.29, 1.82) is 0 Å². The largest absolute Gasteiger partial charge is 0.476 e. The van der Waals surface area contributed by atoms with Crippen molar-refractivity contribution in [2.45, 2.75) is 72.1 Å². The van der Waals surface area contributed by atoms with E-state index in [1.165, 1.54) is 36.1 Å². The molecular weight excluding hydrogens is 388 g/mol. The molecule has 2 aliphatic heterocycles. The normalized spacial score (nSPS) is 20.8. The molecule has 0 saturated carbocycles. The number of hydrogen-bond acceptors (Lipinski definition) is 7. The predicted molar refractivity (Wildman–Crippen MR) is 125 cm³/mol. The van der Waals surface area contributed by atoms with Crippen molar-refractivity contribution in [1.82, 2.24) is 4.98 Å². The third-order valence-electron chi connectivity index (χ3n) is 6.33. The molecular formula is C24H34N6O. The van der Waals surface area contributed by atoms with Crippen LogP contribution in [0.15, 0.2) is 32.3 Å². The lowest BCUT2D eigenvalue weighted by Crippen LogP contribution is -2.29. The zero-order valence-corrected chi connectivity index (χ0v) is 19.2. The van der Waals surface area contributed by atoms with E-state index in [2.05, 4.69) is 40.3 Å². The van der Waals surface area contributed by atoms with Gasteiger partial charge in [-0.25, -0.2) is 9.98 Å². The van der Waals surface area contributed by atoms with Gasteiger partial charge in [-0.05, 0) is 76.5 Å². The van der Waals surface area contributed by atoms with E-state index < -0.39 is 0 Å². The first-order valence-corrected chi connectivity index (χ1v) is 11.8. The summed E-state index contributed by atoms with van der Waals surface area (Å²) in [6.45, 7) is 9.29. The first kappa shape index (κ1) is 21.7. The van der Waals surface area contributed by atoms with Crippen molar-refractivity contribution >= 4 is 17.2 Å². The lowest BCUT2D eigenvalue weighted by atomic mass is 9.88. The highest BCUT2D eigenvalue weighted by molar-refractivity contribution is 6.20. The summed E-state index contributed by atoms with van der Waals surface area (Å²) in [4.78, 5) is 12.4. The van der Waals surface area contributed by atoms with Crippen LogP contribution in [-0.4, -0.2) is 42.8 Å². The van der Waals surface area contributed by atoms with Gasteiger partial charge in [-0.1, -0.05) is 6.42 Å². The summed E-state index contributed by atoms with van der Waals surface area (Å²) in [5.41, 5.74) is 6.86. The second-order valence-electron chi connectivity index (χ2n) is 8.37. The van der Waals surface area contributed by atoms with Gasteiger partial charge in [0.25, 0.3) is 0 Å². The molecule has 0 atom stereocenters. The molecule has 0 fully saturated rings. The van der Waals surface area contributed by atoms with Crippen LogP contribution in [0, 0.1) is 0 Å². The molecule has 3 heterocycles. The SMILES string of the molecule is CCN(CC)c1nc2c(c(C3=NCOC(C)=C3)c1/C1=N\N=NCCCC1)CCCCC2. The van der Waals surface area contributed by atoms with E-state index in [4.69, 9.17) is 14.7 Å². The van der Waals surface area contributed by atoms with Gasteiger partial charge in [0, 0.05) is 30.4 Å². The topological polar surface area (TPSA) is 74.8 Å². The average molecular weight is 423 g/mol. The molecule has 4 rings (SSSR count). The number of aliphatic imine (C=N–C) groups is 1. The molecule has 0 spiro atoms. The van der Waals surface area contributed by atoms with Gasteiger partial charge in [0.15, 0.2) is 6.73 Å². The van der Waals surface area contributed by atoms with Crippen LogP contribution in [0.1, 0.15) is 81.7 Å². The molecule has 7 nitrogen and oxygen atoms in total. The molecule has 0 aromatic carbocycles. The smallest absolute Gasteiger partial charge is 0.179 e. The quantitative estimate of drug-likeness (QED) is 0.611. The zero-order chi connectivity index (χ0) is 21.6. The Labute approximate surface area is 185 Å². The number of aryl methyl sites for hydroxylation is 1. The summed E-state index contributed by atoms with van der Waals surface area (Å²) in [7, 11) is 0. The standard InChI is InChI=1S/C24H34N6O/c1-4-30(5-2)24-23(20-13-9-10-14-26-29-28-20)22(21-15-17(3)31-16-25-21)18-11-7-6-8-12-19(18)27-24/h15H,4-14,16H2,1-3H3/b28-20-,29-26?. The maximum Gasteiger partial charge on any atom is 0.179 e. The van der Waals surface area contributed by atoms with Gasteiger partial charge in [0.2, 0.25) is 0 Å². The van der Waals surface area contributed by atoms with Crippen molar-refractivity contribution in [2.24, 2.45) is 20.4 Å². The van der Waals surface area contributed by atoms with Crippen LogP contribution < -0.4 is 4.90 Å². The van der Waals surface area contributed by atoms with E-state index in [-0.39, 0.29) is 0 Å². The first-order chi connectivity index (χ1) is 15.2. The third kappa shape index (κ3) is 4.70. The summed E-state index contributed by atoms with van der Waals surface area (Å²) in [5, 5.41) is 13.0. The molecule has 0 radical (unpaired) electrons. The molecule has 1 aromatic heterocycles. The Kier molecular flexibility index (Phi) is 7.10. The van der Waals surface area contributed by atoms with Crippen LogP contribution in [0.4, 0.5) is 5.82 Å². The summed E-state index contributed by atoms with van der Waals surface area (Å²) in [6, 6.07) is 0. The summed E-state index contributed by atoms with van der Waals surface area (Å²) in [5.74, 6) is 1.93. The lowest BCUT2D eigenvalue weighted by Gasteiger charge is -2.28. The molecule has 31 heavy (non-hydrogen) atoms. The van der Waals surface area contributed by atoms with Crippen LogP contribution in [0.2, 0.25) is 0 Å². The van der Waals surface area contributed by atoms with Gasteiger partial charge < -0.3 is 9.64 Å². The van der Waals surface area contributed by atoms with Crippen molar-refractivity contribution in [3.63, 3.8) is 0 Å². The van der Waals surface area contributed by atoms with Crippen LogP contribution in [0.3, 0.4) is 0 Å². The predicted octanol–water partition coefficient (Wildman–Crippen LogP) is 5.22. The number of hydrogen-bond donors (Lipinski definition) is 0. The lowest BCUT2D eigenvalue weighted by molar-refractivity contribution is 0.221. The molecule has 3 aliphatic rings. The van der Waals surface area contributed by atoms with E-state index in [1.807, 2.05) is 6.92 Å². The Bertz CT molecular complexity index is 926. The Balaban J connectivity index is 2.03. The highest BCUT2D eigenvalue weighted by Gasteiger charge is 2.29. The Morgan fingerprint density at radius 1 is 0.968 bits per heavy atom. The fraction of sp³-hybridized carbons (Fsp3) is 0.625. The number of rotatable bonds is 5. The molecule has 1 aromatic rings. The number of anilines is 1. The number of aromatic nitrogens is 1. The van der Waals surface area contributed by atoms with Crippen molar-refractivity contribution in [2.75, 3.05) is 31.3 Å². The van der Waals surface area contributed by atoms with Gasteiger partial charge >= 0.3 is 0 Å².